The number of carbonyl (C=O) groups excluding carboxylic acids is 4. The molecule has 522 valence electrons. The van der Waals surface area contributed by atoms with Crippen molar-refractivity contribution in [2.24, 2.45) is 35.3 Å². The number of methoxy groups -OCH3 is 3. The lowest BCUT2D eigenvalue weighted by Crippen LogP contribution is -2.61. The number of nitrogens with two attached hydrogens (primary N) is 1. The molecule has 0 spiro atoms. The van der Waals surface area contributed by atoms with Crippen molar-refractivity contribution in [3.63, 3.8) is 0 Å². The highest BCUT2D eigenvalue weighted by atomic mass is 32.1. The van der Waals surface area contributed by atoms with E-state index in [4.69, 9.17) is 79.5 Å². The Hall–Kier alpha value is -3.67. The molecule has 3 fully saturated rings. The molecule has 23 nitrogen and oxygen atoms in total. The van der Waals surface area contributed by atoms with Gasteiger partial charge in [0.05, 0.1) is 110 Å². The quantitative estimate of drug-likeness (QED) is 0.0197. The molecule has 6 N–H and O–H groups in total. The number of nitrogens with zero attached hydrogens (tertiary/aromatic N) is 1. The normalized spacial score (nSPS) is 33.0. The summed E-state index contributed by atoms with van der Waals surface area (Å²) >= 11 is 5.56. The van der Waals surface area contributed by atoms with E-state index in [1.807, 2.05) is 58.1 Å². The molecule has 0 unspecified atom stereocenters. The molecule has 0 aromatic rings. The van der Waals surface area contributed by atoms with Crippen molar-refractivity contribution in [1.82, 2.24) is 10.2 Å². The predicted octanol–water partition coefficient (Wildman–Crippen LogP) is 5.70. The van der Waals surface area contributed by atoms with Gasteiger partial charge < -0.3 is 92.8 Å². The number of esters is 1. The van der Waals surface area contributed by atoms with Crippen LogP contribution in [0.3, 0.4) is 0 Å². The number of piperidine rings is 1. The lowest BCUT2D eigenvalue weighted by atomic mass is 9.80. The highest BCUT2D eigenvalue weighted by Gasteiger charge is 2.53. The molecule has 3 heterocycles. The van der Waals surface area contributed by atoms with Crippen LogP contribution in [0.5, 0.6) is 0 Å². The molecule has 0 aromatic carbocycles. The first kappa shape index (κ1) is 79.8. The highest BCUT2D eigenvalue weighted by molar-refractivity contribution is 7.80. The Kier molecular flexibility index (Phi) is 38.7. The molecule has 16 atom stereocenters. The van der Waals surface area contributed by atoms with Gasteiger partial charge in [-0.15, -0.1) is 0 Å². The SMILES string of the molecule is CCOCCOCCOCCOCCOCCOCCOCCNC(=S)O[C@@H]1CC[C@@H](C[C@@H](N)[C@@H]2C[C@@H](O)[C@H](C)/C=C(\C)[C@@H](O)[C@@H](OC)C(=O)[C@H](C)C[C@H](C)/C=C/C=C/C=C(\C)[C@@H](OC)C[C@@H]3CC[C@@H](C)[C@@](O)(O3)C(=O)C(=O)N3CCCC[C@H]3C(=O)O2)C[C@H]1OC. The maximum atomic E-state index is 14.7. The number of aliphatic hydroxyl groups excluding tert-OH is 2. The summed E-state index contributed by atoms with van der Waals surface area (Å²) in [7, 11) is 4.56. The number of hydrogen-bond donors (Lipinski definition) is 5. The van der Waals surface area contributed by atoms with Crippen molar-refractivity contribution >= 4 is 40.8 Å². The fraction of sp³-hybridized carbons (Fsp3) is 0.806. The number of ketones is 2. The smallest absolute Gasteiger partial charge is 0.329 e. The molecule has 4 rings (SSSR count). The Morgan fingerprint density at radius 1 is 0.725 bits per heavy atom. The van der Waals surface area contributed by atoms with E-state index >= 15 is 0 Å². The monoisotopic (exact) mass is 1310 g/mol. The van der Waals surface area contributed by atoms with Crippen LogP contribution in [0.1, 0.15) is 126 Å². The van der Waals surface area contributed by atoms with E-state index in [0.29, 0.717) is 169 Å². The Morgan fingerprint density at radius 3 is 1.93 bits per heavy atom. The second-order valence-corrected chi connectivity index (χ2v) is 25.0. The van der Waals surface area contributed by atoms with Crippen LogP contribution in [0.25, 0.3) is 0 Å². The van der Waals surface area contributed by atoms with E-state index in [1.165, 1.54) is 12.0 Å². The summed E-state index contributed by atoms with van der Waals surface area (Å²) in [4.78, 5) is 58.6. The van der Waals surface area contributed by atoms with E-state index in [2.05, 4.69) is 5.32 Å². The van der Waals surface area contributed by atoms with E-state index in [9.17, 15) is 34.5 Å². The van der Waals surface area contributed by atoms with Gasteiger partial charge in [-0.3, -0.25) is 14.4 Å². The molecule has 2 saturated heterocycles. The van der Waals surface area contributed by atoms with Gasteiger partial charge >= 0.3 is 5.97 Å². The van der Waals surface area contributed by atoms with Gasteiger partial charge in [-0.05, 0) is 120 Å². The number of aliphatic hydroxyl groups is 3. The lowest BCUT2D eigenvalue weighted by Gasteiger charge is -2.43. The topological polar surface area (TPSA) is 290 Å². The standard InChI is InChI=1S/C67H113N3O20S/c1-11-81-27-28-83-31-32-85-35-36-87-38-37-86-34-33-84-30-29-82-26-24-69-66(91)89-56-23-21-51(42-59(56)79-9)41-53(68)58-44-55(71)47(4)40-49(6)61(73)62(80-10)60(72)48(5)39-45(2)17-13-12-14-18-46(3)57(78-8)43-52-22-20-50(7)67(77,90-52)63(74)64(75)70-25-16-15-19-54(70)65(76)88-58/h12-14,17-18,40,45,47-48,50-59,61-62,71,73,77H,11,15-16,19-39,41-44,68H2,1-10H3,(H,69,91)/b14-12+,17-13+,46-18+,49-40+/t45-,47-,48-,50-,51+,52+,53-,54+,55-,56-,57+,58+,59-,61-,62+,67-/m1/s1. The maximum Gasteiger partial charge on any atom is 0.329 e. The Morgan fingerprint density at radius 2 is 1.34 bits per heavy atom. The van der Waals surface area contributed by atoms with Crippen LogP contribution >= 0.6 is 12.2 Å². The average Bonchev–Trinajstić information content (AvgIpc) is 1.05. The average molecular weight is 1310 g/mol. The number of rotatable bonds is 29. The summed E-state index contributed by atoms with van der Waals surface area (Å²) in [5, 5.41) is 39.0. The van der Waals surface area contributed by atoms with Crippen LogP contribution in [0.15, 0.2) is 47.6 Å². The van der Waals surface area contributed by atoms with Crippen molar-refractivity contribution in [2.45, 2.75) is 192 Å². The van der Waals surface area contributed by atoms with Crippen molar-refractivity contribution in [2.75, 3.05) is 127 Å². The van der Waals surface area contributed by atoms with Crippen molar-refractivity contribution in [1.29, 1.82) is 0 Å². The number of allylic oxidation sites excluding steroid dienone is 5. The third kappa shape index (κ3) is 27.9. The highest BCUT2D eigenvalue weighted by Crippen LogP contribution is 2.38. The molecule has 91 heavy (non-hydrogen) atoms. The number of nitrogens with one attached hydrogen (secondary N) is 1. The number of thiocarbonyl (C=S) groups is 1. The van der Waals surface area contributed by atoms with Crippen molar-refractivity contribution in [3.05, 3.63) is 47.6 Å². The van der Waals surface area contributed by atoms with Crippen LogP contribution < -0.4 is 11.1 Å². The molecule has 2 bridgehead atoms. The number of hydrogen-bond acceptors (Lipinski definition) is 22. The summed E-state index contributed by atoms with van der Waals surface area (Å²) in [6.07, 6.45) is 9.55. The molecule has 3 aliphatic heterocycles. The van der Waals surface area contributed by atoms with E-state index < -0.39 is 89.9 Å². The first-order valence-corrected chi connectivity index (χ1v) is 33.5. The maximum absolute atomic E-state index is 14.7. The minimum atomic E-state index is -2.47. The van der Waals surface area contributed by atoms with Crippen LogP contribution in [0, 0.1) is 29.6 Å². The van der Waals surface area contributed by atoms with Crippen molar-refractivity contribution in [3.8, 4) is 0 Å². The molecular weight excluding hydrogens is 1200 g/mol. The lowest BCUT2D eigenvalue weighted by molar-refractivity contribution is -0.265. The molecular formula is C67H113N3O20S. The first-order chi connectivity index (χ1) is 43.7. The van der Waals surface area contributed by atoms with Gasteiger partial charge in [0.15, 0.2) is 5.78 Å². The van der Waals surface area contributed by atoms with Crippen LogP contribution in [-0.2, 0) is 80.8 Å². The third-order valence-corrected chi connectivity index (χ3v) is 17.8. The fourth-order valence-electron chi connectivity index (χ4n) is 12.0. The second kappa shape index (κ2) is 44.1. The minimum absolute atomic E-state index is 0.000330. The summed E-state index contributed by atoms with van der Waals surface area (Å²) < 4.78 is 74.7. The van der Waals surface area contributed by atoms with Gasteiger partial charge in [-0.25, -0.2) is 4.79 Å². The van der Waals surface area contributed by atoms with E-state index in [0.717, 1.165) is 5.57 Å². The number of amides is 1. The van der Waals surface area contributed by atoms with E-state index in [1.54, 1.807) is 41.1 Å². The van der Waals surface area contributed by atoms with Crippen LogP contribution in [-0.4, -0.2) is 242 Å². The molecule has 1 saturated carbocycles. The van der Waals surface area contributed by atoms with Gasteiger partial charge in [0.25, 0.3) is 16.9 Å². The van der Waals surface area contributed by atoms with Gasteiger partial charge in [0.2, 0.25) is 5.79 Å². The Labute approximate surface area is 547 Å². The van der Waals surface area contributed by atoms with E-state index in [-0.39, 0.29) is 54.4 Å². The molecule has 0 aromatic heterocycles. The molecule has 0 radical (unpaired) electrons. The van der Waals surface area contributed by atoms with Crippen LogP contribution in [0.4, 0.5) is 0 Å². The Bertz CT molecular complexity index is 2260. The van der Waals surface area contributed by atoms with Gasteiger partial charge in [-0.2, -0.15) is 0 Å². The number of ether oxygens (including phenoxy) is 13. The van der Waals surface area contributed by atoms with Gasteiger partial charge in [0, 0.05) is 77.7 Å². The number of fused-ring (bicyclic) bond motifs is 3. The summed E-state index contributed by atoms with van der Waals surface area (Å²) in [5.41, 5.74) is 8.36. The number of carbonyl (C=O) groups is 4. The minimum Gasteiger partial charge on any atom is -0.465 e. The Balaban J connectivity index is 1.38. The largest absolute Gasteiger partial charge is 0.465 e. The van der Waals surface area contributed by atoms with Gasteiger partial charge in [-0.1, -0.05) is 64.2 Å². The zero-order valence-corrected chi connectivity index (χ0v) is 57.0. The third-order valence-electron chi connectivity index (χ3n) is 17.6. The second-order valence-electron chi connectivity index (χ2n) is 24.7. The molecule has 1 aliphatic carbocycles. The molecule has 4 aliphatic rings. The predicted molar refractivity (Wildman–Crippen MR) is 346 cm³/mol. The fourth-order valence-corrected chi connectivity index (χ4v) is 12.2. The summed E-state index contributed by atoms with van der Waals surface area (Å²) in [6, 6.07) is -2.03. The summed E-state index contributed by atoms with van der Waals surface area (Å²) in [5.74, 6) is -7.62. The molecule has 1 amide bonds. The van der Waals surface area contributed by atoms with Crippen molar-refractivity contribution < 1.29 is 96.1 Å². The molecule has 24 heteroatoms. The number of Topliss-reactive ketones (excluding diaryl/α,β-unsaturated/α-hetero) is 2. The first-order valence-electron chi connectivity index (χ1n) is 33.1. The summed E-state index contributed by atoms with van der Waals surface area (Å²) in [6.45, 7) is 19.9. The number of cyclic esters (lactones) is 1. The van der Waals surface area contributed by atoms with Gasteiger partial charge in [0.1, 0.15) is 30.5 Å². The van der Waals surface area contributed by atoms with Crippen LogP contribution in [0.2, 0.25) is 0 Å². The zero-order valence-electron chi connectivity index (χ0n) is 56.1. The zero-order chi connectivity index (χ0) is 66.7.